The second-order valence-electron chi connectivity index (χ2n) is 5.34. The number of hydrogen-bond acceptors (Lipinski definition) is 3. The van der Waals surface area contributed by atoms with Crippen LogP contribution in [0.25, 0.3) is 0 Å². The number of nitrogens with zero attached hydrogens (tertiary/aromatic N) is 3. The lowest BCUT2D eigenvalue weighted by Gasteiger charge is -2.21. The fraction of sp³-hybridized carbons (Fsp3) is 0.105. The number of thiocarbonyl (C=S) groups is 1. The van der Waals surface area contributed by atoms with E-state index in [4.69, 9.17) is 12.2 Å². The van der Waals surface area contributed by atoms with Crippen molar-refractivity contribution in [3.63, 3.8) is 0 Å². The molecule has 5 heteroatoms. The molecule has 24 heavy (non-hydrogen) atoms. The molecule has 1 aliphatic rings. The van der Waals surface area contributed by atoms with Gasteiger partial charge in [-0.25, -0.2) is 0 Å². The average Bonchev–Trinajstić information content (AvgIpc) is 2.85. The number of carbonyl (C=O) groups is 1. The first-order valence-corrected chi connectivity index (χ1v) is 8.02. The molecule has 1 amide bonds. The van der Waals surface area contributed by atoms with Crippen LogP contribution in [0.3, 0.4) is 0 Å². The summed E-state index contributed by atoms with van der Waals surface area (Å²) < 4.78 is 0. The van der Waals surface area contributed by atoms with E-state index >= 15 is 0 Å². The van der Waals surface area contributed by atoms with Gasteiger partial charge in [-0.3, -0.25) is 4.79 Å². The lowest BCUT2D eigenvalue weighted by Crippen LogP contribution is -2.30. The smallest absolute Gasteiger partial charge is 0.276 e. The van der Waals surface area contributed by atoms with Gasteiger partial charge in [0, 0.05) is 6.54 Å². The van der Waals surface area contributed by atoms with Crippen molar-refractivity contribution < 1.29 is 4.79 Å². The quantitative estimate of drug-likeness (QED) is 0.477. The zero-order chi connectivity index (χ0) is 16.9. The van der Waals surface area contributed by atoms with E-state index in [0.717, 1.165) is 11.1 Å². The van der Waals surface area contributed by atoms with Gasteiger partial charge in [0.1, 0.15) is 6.04 Å². The topological polar surface area (TPSA) is 35.9 Å². The van der Waals surface area contributed by atoms with Gasteiger partial charge in [-0.1, -0.05) is 66.7 Å². The van der Waals surface area contributed by atoms with Gasteiger partial charge in [-0.2, -0.15) is 10.1 Å². The Morgan fingerprint density at radius 2 is 1.71 bits per heavy atom. The number of rotatable bonds is 5. The summed E-state index contributed by atoms with van der Waals surface area (Å²) in [5.41, 5.74) is 1.80. The molecular weight excluding hydrogens is 318 g/mol. The van der Waals surface area contributed by atoms with Gasteiger partial charge >= 0.3 is 0 Å². The van der Waals surface area contributed by atoms with Gasteiger partial charge in [-0.15, -0.1) is 6.58 Å². The average molecular weight is 335 g/mol. The van der Waals surface area contributed by atoms with Crippen molar-refractivity contribution in [3.8, 4) is 0 Å². The van der Waals surface area contributed by atoms with Crippen LogP contribution in [0.5, 0.6) is 0 Å². The third kappa shape index (κ3) is 3.12. The van der Waals surface area contributed by atoms with Crippen molar-refractivity contribution in [2.45, 2.75) is 6.04 Å². The van der Waals surface area contributed by atoms with Crippen LogP contribution in [0.2, 0.25) is 0 Å². The van der Waals surface area contributed by atoms with Crippen LogP contribution >= 0.6 is 12.2 Å². The van der Waals surface area contributed by atoms with Crippen molar-refractivity contribution in [2.75, 3.05) is 6.54 Å². The lowest BCUT2D eigenvalue weighted by molar-refractivity contribution is -0.128. The summed E-state index contributed by atoms with van der Waals surface area (Å²) in [6, 6.07) is 18.7. The number of benzene rings is 2. The van der Waals surface area contributed by atoms with E-state index in [9.17, 15) is 4.79 Å². The molecule has 0 N–H and O–H groups in total. The predicted molar refractivity (Wildman–Crippen MR) is 99.6 cm³/mol. The molecule has 1 unspecified atom stereocenters. The Morgan fingerprint density at radius 3 is 2.33 bits per heavy atom. The van der Waals surface area contributed by atoms with E-state index in [0.29, 0.717) is 11.7 Å². The number of hydrogen-bond donors (Lipinski definition) is 0. The maximum absolute atomic E-state index is 12.9. The van der Waals surface area contributed by atoms with Gasteiger partial charge < -0.3 is 4.90 Å². The number of hydrazone groups is 1. The molecule has 3 rings (SSSR count). The van der Waals surface area contributed by atoms with Crippen molar-refractivity contribution in [3.05, 3.63) is 84.4 Å². The predicted octanol–water partition coefficient (Wildman–Crippen LogP) is 3.38. The van der Waals surface area contributed by atoms with Crippen molar-refractivity contribution in [1.29, 1.82) is 0 Å². The summed E-state index contributed by atoms with van der Waals surface area (Å²) in [5.74, 6) is -0.153. The van der Waals surface area contributed by atoms with Gasteiger partial charge in [0.25, 0.3) is 5.91 Å². The minimum Gasteiger partial charge on any atom is -0.327 e. The zero-order valence-electron chi connectivity index (χ0n) is 13.1. The SMILES string of the molecule is C=CCN1C(=S)N(/N=C/c2ccccc2)C(=O)C1c1ccccc1. The molecule has 1 aliphatic heterocycles. The first kappa shape index (κ1) is 16.1. The molecule has 0 radical (unpaired) electrons. The number of carbonyl (C=O) groups excluding carboxylic acids is 1. The van der Waals surface area contributed by atoms with E-state index in [1.165, 1.54) is 5.01 Å². The van der Waals surface area contributed by atoms with Crippen LogP contribution in [0.4, 0.5) is 0 Å². The van der Waals surface area contributed by atoms with Crippen LogP contribution in [0.1, 0.15) is 17.2 Å². The molecule has 2 aromatic rings. The van der Waals surface area contributed by atoms with E-state index in [1.54, 1.807) is 12.3 Å². The Balaban J connectivity index is 1.91. The third-order valence-electron chi connectivity index (χ3n) is 3.74. The highest BCUT2D eigenvalue weighted by molar-refractivity contribution is 7.80. The summed E-state index contributed by atoms with van der Waals surface area (Å²) in [6.45, 7) is 4.25. The second-order valence-corrected chi connectivity index (χ2v) is 5.71. The summed E-state index contributed by atoms with van der Waals surface area (Å²) in [6.07, 6.45) is 3.38. The molecule has 1 atom stereocenters. The fourth-order valence-electron chi connectivity index (χ4n) is 2.63. The summed E-state index contributed by atoms with van der Waals surface area (Å²) in [5, 5.41) is 5.99. The highest BCUT2D eigenvalue weighted by atomic mass is 32.1. The molecule has 0 bridgehead atoms. The fourth-order valence-corrected chi connectivity index (χ4v) is 2.94. The van der Waals surface area contributed by atoms with Gasteiger partial charge in [0.05, 0.1) is 6.21 Å². The Labute approximate surface area is 146 Å². The zero-order valence-corrected chi connectivity index (χ0v) is 13.9. The molecule has 120 valence electrons. The Hall–Kier alpha value is -2.79. The van der Waals surface area contributed by atoms with Gasteiger partial charge in [0.15, 0.2) is 0 Å². The second kappa shape index (κ2) is 7.19. The summed E-state index contributed by atoms with van der Waals surface area (Å²) in [7, 11) is 0. The molecule has 2 aromatic carbocycles. The molecular formula is C19H17N3OS. The van der Waals surface area contributed by atoms with E-state index in [1.807, 2.05) is 65.6 Å². The van der Waals surface area contributed by atoms with Crippen molar-refractivity contribution in [1.82, 2.24) is 9.91 Å². The van der Waals surface area contributed by atoms with Crippen LogP contribution in [0.15, 0.2) is 78.4 Å². The molecule has 0 aliphatic carbocycles. The molecule has 0 spiro atoms. The molecule has 1 heterocycles. The van der Waals surface area contributed by atoms with Crippen LogP contribution in [-0.4, -0.2) is 33.7 Å². The van der Waals surface area contributed by atoms with Crippen molar-refractivity contribution >= 4 is 29.5 Å². The van der Waals surface area contributed by atoms with Gasteiger partial charge in [-0.05, 0) is 23.3 Å². The largest absolute Gasteiger partial charge is 0.327 e. The van der Waals surface area contributed by atoms with Gasteiger partial charge in [0.2, 0.25) is 5.11 Å². The lowest BCUT2D eigenvalue weighted by atomic mass is 10.1. The third-order valence-corrected chi connectivity index (χ3v) is 4.15. The van der Waals surface area contributed by atoms with E-state index in [-0.39, 0.29) is 5.91 Å². The molecule has 1 saturated heterocycles. The summed E-state index contributed by atoms with van der Waals surface area (Å²) >= 11 is 5.47. The summed E-state index contributed by atoms with van der Waals surface area (Å²) in [4.78, 5) is 14.7. The minimum atomic E-state index is -0.468. The first-order chi connectivity index (χ1) is 11.7. The Morgan fingerprint density at radius 1 is 1.08 bits per heavy atom. The molecule has 0 saturated carbocycles. The maximum atomic E-state index is 12.9. The van der Waals surface area contributed by atoms with E-state index < -0.39 is 6.04 Å². The van der Waals surface area contributed by atoms with Crippen molar-refractivity contribution in [2.24, 2.45) is 5.10 Å². The van der Waals surface area contributed by atoms with E-state index in [2.05, 4.69) is 11.7 Å². The standard InChI is InChI=1S/C19H17N3OS/c1-2-13-21-17(16-11-7-4-8-12-16)18(23)22(19(21)24)20-14-15-9-5-3-6-10-15/h2-12,14,17H,1,13H2/b20-14+. The van der Waals surface area contributed by atoms with Crippen LogP contribution in [0, 0.1) is 0 Å². The monoisotopic (exact) mass is 335 g/mol. The number of amides is 1. The Bertz CT molecular complexity index is 774. The molecule has 0 aromatic heterocycles. The highest BCUT2D eigenvalue weighted by Crippen LogP contribution is 2.31. The Kier molecular flexibility index (Phi) is 4.82. The normalized spacial score (nSPS) is 17.8. The van der Waals surface area contributed by atoms with Crippen LogP contribution in [-0.2, 0) is 4.79 Å². The highest BCUT2D eigenvalue weighted by Gasteiger charge is 2.42. The molecule has 4 nitrogen and oxygen atoms in total. The maximum Gasteiger partial charge on any atom is 0.276 e. The minimum absolute atomic E-state index is 0.153. The first-order valence-electron chi connectivity index (χ1n) is 7.62. The van der Waals surface area contributed by atoms with Crippen LogP contribution < -0.4 is 0 Å². The molecule has 1 fully saturated rings.